The van der Waals surface area contributed by atoms with Crippen molar-refractivity contribution in [1.82, 2.24) is 14.6 Å². The predicted molar refractivity (Wildman–Crippen MR) is 213 cm³/mol. The van der Waals surface area contributed by atoms with Crippen LogP contribution in [-0.2, 0) is 40.0 Å². The number of benzene rings is 1. The Morgan fingerprint density at radius 3 is 2.19 bits per heavy atom. The summed E-state index contributed by atoms with van der Waals surface area (Å²) >= 11 is 0. The molecule has 58 heavy (non-hydrogen) atoms. The normalized spacial score (nSPS) is 20.8. The van der Waals surface area contributed by atoms with E-state index in [9.17, 15) is 29.3 Å². The number of nitrogens with two attached hydrogens (primary N) is 1. The average molecular weight is 831 g/mol. The topological polar surface area (TPSA) is 228 Å². The highest BCUT2D eigenvalue weighted by molar-refractivity contribution is 7.47. The van der Waals surface area contributed by atoms with Gasteiger partial charge in [0.25, 0.3) is 0 Å². The van der Waals surface area contributed by atoms with Gasteiger partial charge in [0.05, 0.1) is 43.8 Å². The van der Waals surface area contributed by atoms with Crippen molar-refractivity contribution in [3.05, 3.63) is 59.3 Å². The average Bonchev–Trinajstić information content (AvgIpc) is 3.77. The zero-order chi connectivity index (χ0) is 41.8. The summed E-state index contributed by atoms with van der Waals surface area (Å²) in [5.74, 6) is -0.533. The van der Waals surface area contributed by atoms with E-state index in [4.69, 9.17) is 34.3 Å². The number of rotatable bonds is 29. The van der Waals surface area contributed by atoms with Crippen molar-refractivity contribution in [3.8, 4) is 12.1 Å². The molecular formula is C41H60FN6O9P. The van der Waals surface area contributed by atoms with E-state index < -0.39 is 56.9 Å². The first-order valence-electron chi connectivity index (χ1n) is 20.6. The molecule has 3 heterocycles. The van der Waals surface area contributed by atoms with E-state index in [2.05, 4.69) is 17.0 Å². The van der Waals surface area contributed by atoms with E-state index in [1.165, 1.54) is 112 Å². The minimum Gasteiger partial charge on any atom is -0.387 e. The maximum absolute atomic E-state index is 14.6. The van der Waals surface area contributed by atoms with Crippen LogP contribution in [0, 0.1) is 28.5 Å². The molecule has 320 valence electrons. The van der Waals surface area contributed by atoms with E-state index in [1.54, 1.807) is 0 Å². The number of aromatic nitrogens is 3. The minimum absolute atomic E-state index is 0.0304. The lowest BCUT2D eigenvalue weighted by Crippen LogP contribution is -2.41. The van der Waals surface area contributed by atoms with Gasteiger partial charge in [-0.2, -0.15) is 15.6 Å². The van der Waals surface area contributed by atoms with Crippen molar-refractivity contribution < 1.29 is 47.3 Å². The van der Waals surface area contributed by atoms with Gasteiger partial charge in [-0.05, 0) is 30.7 Å². The number of aliphatic hydroxyl groups is 2. The number of nitrogen functional groups attached to an aromatic ring is 1. The lowest BCUT2D eigenvalue weighted by atomic mass is 9.92. The Hall–Kier alpha value is -3.54. The van der Waals surface area contributed by atoms with Gasteiger partial charge in [-0.15, -0.1) is 0 Å². The first-order chi connectivity index (χ1) is 28.0. The molecule has 0 radical (unpaired) electrons. The van der Waals surface area contributed by atoms with E-state index in [-0.39, 0.29) is 35.9 Å². The van der Waals surface area contributed by atoms with Crippen LogP contribution in [0.15, 0.2) is 36.7 Å². The number of nitriles is 2. The maximum Gasteiger partial charge on any atom is 0.472 e. The molecule has 1 aromatic carbocycles. The summed E-state index contributed by atoms with van der Waals surface area (Å²) in [6.07, 6.45) is 15.3. The predicted octanol–water partition coefficient (Wildman–Crippen LogP) is 7.16. The molecule has 0 spiro atoms. The van der Waals surface area contributed by atoms with Gasteiger partial charge in [-0.1, -0.05) is 109 Å². The van der Waals surface area contributed by atoms with E-state index in [1.807, 2.05) is 12.1 Å². The largest absolute Gasteiger partial charge is 0.472 e. The van der Waals surface area contributed by atoms with Crippen LogP contribution in [0.4, 0.5) is 10.2 Å². The van der Waals surface area contributed by atoms with Gasteiger partial charge in [0, 0.05) is 12.2 Å². The van der Waals surface area contributed by atoms with Crippen LogP contribution in [0.3, 0.4) is 0 Å². The van der Waals surface area contributed by atoms with Crippen LogP contribution >= 0.6 is 7.82 Å². The third-order valence-electron chi connectivity index (χ3n) is 10.4. The van der Waals surface area contributed by atoms with Crippen LogP contribution in [-0.4, -0.2) is 80.5 Å². The summed E-state index contributed by atoms with van der Waals surface area (Å²) in [5, 5.41) is 45.0. The van der Waals surface area contributed by atoms with Crippen LogP contribution in [0.25, 0.3) is 5.52 Å². The summed E-state index contributed by atoms with van der Waals surface area (Å²) < 4.78 is 56.7. The van der Waals surface area contributed by atoms with E-state index in [0.29, 0.717) is 12.1 Å². The molecule has 0 aliphatic carbocycles. The molecular weight excluding hydrogens is 770 g/mol. The Bertz CT molecular complexity index is 1820. The number of nitrogens with zero attached hydrogens (tertiary/aromatic N) is 5. The first-order valence-corrected chi connectivity index (χ1v) is 22.1. The molecule has 1 aliphatic rings. The van der Waals surface area contributed by atoms with Crippen LogP contribution < -0.4 is 5.73 Å². The standard InChI is InChI=1S/C41H60FN6O9P/c1-2-3-4-5-6-7-8-9-10-11-12-13-14-15-16-17-22-53-26-33(54-25-32-19-18-31(24-43)23-34(32)42)27-55-58(51,52)56-28-36-38(49)39(50)41(29-44,57-36)37-21-20-35-40(45)46-30-47-48(35)37/h18-21,23,30,33,36,38-39,49-50H,2-17,22,25-28H2,1H3,(H,51,52)(H2,45,46,47)/t33-,36-,38-,39-,41+/m1/s1. The monoisotopic (exact) mass is 830 g/mol. The van der Waals surface area contributed by atoms with Gasteiger partial charge in [0.2, 0.25) is 5.60 Å². The minimum atomic E-state index is -4.84. The van der Waals surface area contributed by atoms with Gasteiger partial charge < -0.3 is 35.1 Å². The number of halogens is 1. The fourth-order valence-corrected chi connectivity index (χ4v) is 7.75. The molecule has 1 saturated heterocycles. The molecule has 15 nitrogen and oxygen atoms in total. The quantitative estimate of drug-likeness (QED) is 0.0402. The van der Waals surface area contributed by atoms with Crippen LogP contribution in [0.2, 0.25) is 0 Å². The summed E-state index contributed by atoms with van der Waals surface area (Å²) in [6, 6.07) is 10.7. The molecule has 17 heteroatoms. The fraction of sp³-hybridized carbons (Fsp3) is 0.659. The molecule has 3 aromatic rings. The van der Waals surface area contributed by atoms with Gasteiger partial charge >= 0.3 is 7.82 Å². The Kier molecular flexibility index (Phi) is 19.9. The van der Waals surface area contributed by atoms with Crippen molar-refractivity contribution in [3.63, 3.8) is 0 Å². The second-order valence-corrected chi connectivity index (χ2v) is 16.3. The lowest BCUT2D eigenvalue weighted by molar-refractivity contribution is -0.0691. The number of hydrogen-bond donors (Lipinski definition) is 4. The van der Waals surface area contributed by atoms with Crippen molar-refractivity contribution in [2.24, 2.45) is 0 Å². The van der Waals surface area contributed by atoms with Gasteiger partial charge in [0.1, 0.15) is 48.1 Å². The zero-order valence-electron chi connectivity index (χ0n) is 33.6. The summed E-state index contributed by atoms with van der Waals surface area (Å²) in [6.45, 7) is 1.18. The van der Waals surface area contributed by atoms with Crippen molar-refractivity contribution in [1.29, 1.82) is 10.5 Å². The lowest BCUT2D eigenvalue weighted by Gasteiger charge is -2.24. The SMILES string of the molecule is CCCCCCCCCCCCCCCCCCOC[C@H](COP(=O)(O)OC[C@H]1O[C@@](C#N)(c2ccc3c(N)ncnn23)[C@H](O)[C@@H]1O)OCc1ccc(C#N)cc1F. The molecule has 6 atom stereocenters. The van der Waals surface area contributed by atoms with Crippen LogP contribution in [0.1, 0.15) is 126 Å². The molecule has 1 unspecified atom stereocenters. The maximum atomic E-state index is 14.6. The summed E-state index contributed by atoms with van der Waals surface area (Å²) in [4.78, 5) is 14.5. The van der Waals surface area contributed by atoms with E-state index in [0.717, 1.165) is 31.7 Å². The van der Waals surface area contributed by atoms with E-state index >= 15 is 0 Å². The molecule has 4 rings (SSSR count). The second-order valence-electron chi connectivity index (χ2n) is 14.9. The Balaban J connectivity index is 1.20. The number of ether oxygens (including phenoxy) is 3. The Morgan fingerprint density at radius 2 is 1.59 bits per heavy atom. The highest BCUT2D eigenvalue weighted by Gasteiger charge is 2.58. The fourth-order valence-electron chi connectivity index (χ4n) is 6.99. The number of aliphatic hydroxyl groups excluding tert-OH is 2. The number of phosphoric acid groups is 1. The van der Waals surface area contributed by atoms with Crippen LogP contribution in [0.5, 0.6) is 0 Å². The summed E-state index contributed by atoms with van der Waals surface area (Å²) in [5.41, 5.74) is 4.47. The van der Waals surface area contributed by atoms with Gasteiger partial charge in [-0.3, -0.25) is 9.05 Å². The summed E-state index contributed by atoms with van der Waals surface area (Å²) in [7, 11) is -4.84. The van der Waals surface area contributed by atoms with Gasteiger partial charge in [-0.25, -0.2) is 18.5 Å². The second kappa shape index (κ2) is 24.5. The number of hydrogen-bond acceptors (Lipinski definition) is 13. The molecule has 0 saturated carbocycles. The van der Waals surface area contributed by atoms with Gasteiger partial charge in [0.15, 0.2) is 5.82 Å². The Morgan fingerprint density at radius 1 is 0.948 bits per heavy atom. The molecule has 2 aromatic heterocycles. The number of unbranched alkanes of at least 4 members (excludes halogenated alkanes) is 15. The molecule has 1 fully saturated rings. The first kappa shape index (κ1) is 47.1. The molecule has 5 N–H and O–H groups in total. The smallest absolute Gasteiger partial charge is 0.387 e. The Labute approximate surface area is 340 Å². The van der Waals surface area contributed by atoms with Crippen molar-refractivity contribution in [2.75, 3.05) is 32.2 Å². The third-order valence-corrected chi connectivity index (χ3v) is 11.4. The third kappa shape index (κ3) is 14.0. The van der Waals surface area contributed by atoms with Crippen molar-refractivity contribution >= 4 is 19.2 Å². The molecule has 0 bridgehead atoms. The highest BCUT2D eigenvalue weighted by Crippen LogP contribution is 2.46. The number of fused-ring (bicyclic) bond motifs is 1. The zero-order valence-corrected chi connectivity index (χ0v) is 34.4. The molecule has 0 amide bonds. The molecule has 1 aliphatic heterocycles. The number of anilines is 1. The van der Waals surface area contributed by atoms with Crippen molar-refractivity contribution in [2.45, 2.75) is 146 Å². The number of phosphoric ester groups is 1. The highest BCUT2D eigenvalue weighted by atomic mass is 31.2.